The molecule has 0 aliphatic rings. The van der Waals surface area contributed by atoms with Crippen molar-refractivity contribution >= 4 is 27.3 Å². The summed E-state index contributed by atoms with van der Waals surface area (Å²) >= 11 is 4.85. The molecule has 0 fully saturated rings. The van der Waals surface area contributed by atoms with Gasteiger partial charge >= 0.3 is 0 Å². The largest absolute Gasteiger partial charge is 0.387 e. The van der Waals surface area contributed by atoms with E-state index in [2.05, 4.69) is 21.9 Å². The lowest BCUT2D eigenvalue weighted by atomic mass is 10.1. The molecule has 0 saturated carbocycles. The molecular formula is C8H7BrOS. The van der Waals surface area contributed by atoms with E-state index in [0.717, 1.165) is 9.35 Å². The minimum Gasteiger partial charge on any atom is -0.387 e. The number of halogens is 1. The quantitative estimate of drug-likeness (QED) is 0.775. The normalized spacial score (nSPS) is 12.5. The highest BCUT2D eigenvalue weighted by molar-refractivity contribution is 9.11. The summed E-state index contributed by atoms with van der Waals surface area (Å²) in [6.45, 7) is 0. The summed E-state index contributed by atoms with van der Waals surface area (Å²) in [6.07, 6.45) is 4.92. The summed E-state index contributed by atoms with van der Waals surface area (Å²) < 4.78 is 1.02. The summed E-state index contributed by atoms with van der Waals surface area (Å²) in [6, 6.07) is 1.88. The standard InChI is InChI=1S/C8H7BrOS/c1-2-3-7(10)6-4-8(9)11-5-6/h1,4-5,7,10H,3H2. The van der Waals surface area contributed by atoms with Gasteiger partial charge in [0.25, 0.3) is 0 Å². The first-order valence-corrected chi connectivity index (χ1v) is 4.76. The summed E-state index contributed by atoms with van der Waals surface area (Å²) in [7, 11) is 0. The maximum atomic E-state index is 9.38. The predicted molar refractivity (Wildman–Crippen MR) is 50.4 cm³/mol. The summed E-state index contributed by atoms with van der Waals surface area (Å²) in [4.78, 5) is 0. The van der Waals surface area contributed by atoms with E-state index in [0.29, 0.717) is 6.42 Å². The monoisotopic (exact) mass is 230 g/mol. The van der Waals surface area contributed by atoms with Gasteiger partial charge in [0.15, 0.2) is 0 Å². The predicted octanol–water partition coefficient (Wildman–Crippen LogP) is 2.57. The van der Waals surface area contributed by atoms with Crippen LogP contribution >= 0.6 is 27.3 Å². The van der Waals surface area contributed by atoms with Gasteiger partial charge in [0.2, 0.25) is 0 Å². The maximum Gasteiger partial charge on any atom is 0.0907 e. The molecule has 1 unspecified atom stereocenters. The molecule has 0 radical (unpaired) electrons. The summed E-state index contributed by atoms with van der Waals surface area (Å²) in [5.41, 5.74) is 0.889. The van der Waals surface area contributed by atoms with E-state index < -0.39 is 6.10 Å². The summed E-state index contributed by atoms with van der Waals surface area (Å²) in [5.74, 6) is 2.41. The lowest BCUT2D eigenvalue weighted by Gasteiger charge is -2.01. The lowest BCUT2D eigenvalue weighted by molar-refractivity contribution is 0.184. The van der Waals surface area contributed by atoms with Gasteiger partial charge in [-0.15, -0.1) is 23.7 Å². The average molecular weight is 231 g/mol. The van der Waals surface area contributed by atoms with Gasteiger partial charge in [0, 0.05) is 6.42 Å². The van der Waals surface area contributed by atoms with Crippen molar-refractivity contribution in [2.24, 2.45) is 0 Å². The zero-order chi connectivity index (χ0) is 8.27. The van der Waals surface area contributed by atoms with E-state index in [-0.39, 0.29) is 0 Å². The van der Waals surface area contributed by atoms with Crippen molar-refractivity contribution < 1.29 is 5.11 Å². The number of aliphatic hydroxyl groups excluding tert-OH is 1. The van der Waals surface area contributed by atoms with Gasteiger partial charge < -0.3 is 5.11 Å². The van der Waals surface area contributed by atoms with Crippen LogP contribution in [-0.2, 0) is 0 Å². The Morgan fingerprint density at radius 3 is 3.00 bits per heavy atom. The van der Waals surface area contributed by atoms with Crippen LogP contribution < -0.4 is 0 Å². The fraction of sp³-hybridized carbons (Fsp3) is 0.250. The number of terminal acetylenes is 1. The highest BCUT2D eigenvalue weighted by atomic mass is 79.9. The van der Waals surface area contributed by atoms with Crippen molar-refractivity contribution in [2.75, 3.05) is 0 Å². The Hall–Kier alpha value is -0.300. The van der Waals surface area contributed by atoms with Crippen LogP contribution in [0.3, 0.4) is 0 Å². The molecule has 0 aromatic carbocycles. The number of hydrogen-bond acceptors (Lipinski definition) is 2. The molecule has 11 heavy (non-hydrogen) atoms. The smallest absolute Gasteiger partial charge is 0.0907 e. The SMILES string of the molecule is C#CCC(O)c1csc(Br)c1. The fourth-order valence-electron chi connectivity index (χ4n) is 0.728. The molecule has 1 aromatic heterocycles. The minimum atomic E-state index is -0.512. The average Bonchev–Trinajstić information content (AvgIpc) is 2.36. The Balaban J connectivity index is 2.70. The third kappa shape index (κ3) is 2.33. The molecule has 1 atom stereocenters. The first-order valence-electron chi connectivity index (χ1n) is 3.09. The number of hydrogen-bond donors (Lipinski definition) is 1. The lowest BCUT2D eigenvalue weighted by Crippen LogP contribution is -1.92. The third-order valence-electron chi connectivity index (χ3n) is 1.28. The highest BCUT2D eigenvalue weighted by Crippen LogP contribution is 2.26. The van der Waals surface area contributed by atoms with Crippen molar-refractivity contribution in [3.05, 3.63) is 20.8 Å². The Bertz CT molecular complexity index is 274. The molecule has 1 aromatic rings. The molecule has 58 valence electrons. The molecule has 0 amide bonds. The Labute approximate surface area is 78.2 Å². The van der Waals surface area contributed by atoms with Crippen LogP contribution in [-0.4, -0.2) is 5.11 Å². The van der Waals surface area contributed by atoms with Crippen molar-refractivity contribution in [2.45, 2.75) is 12.5 Å². The van der Waals surface area contributed by atoms with Crippen molar-refractivity contribution in [1.82, 2.24) is 0 Å². The van der Waals surface area contributed by atoms with Gasteiger partial charge in [-0.2, -0.15) is 0 Å². The molecule has 1 rings (SSSR count). The number of thiophene rings is 1. The topological polar surface area (TPSA) is 20.2 Å². The second-order valence-electron chi connectivity index (χ2n) is 2.11. The van der Waals surface area contributed by atoms with Crippen LogP contribution in [0.25, 0.3) is 0 Å². The van der Waals surface area contributed by atoms with Crippen LogP contribution in [0.15, 0.2) is 15.2 Å². The number of rotatable bonds is 2. The maximum absolute atomic E-state index is 9.38. The fourth-order valence-corrected chi connectivity index (χ4v) is 1.95. The molecular weight excluding hydrogens is 224 g/mol. The van der Waals surface area contributed by atoms with Crippen LogP contribution in [0.2, 0.25) is 0 Å². The van der Waals surface area contributed by atoms with Gasteiger partial charge in [0.05, 0.1) is 9.89 Å². The second-order valence-corrected chi connectivity index (χ2v) is 4.40. The van der Waals surface area contributed by atoms with E-state index in [4.69, 9.17) is 6.42 Å². The molecule has 1 nitrogen and oxygen atoms in total. The molecule has 0 aliphatic heterocycles. The first kappa shape index (κ1) is 8.79. The van der Waals surface area contributed by atoms with Crippen LogP contribution in [0, 0.1) is 12.3 Å². The van der Waals surface area contributed by atoms with Crippen LogP contribution in [0.1, 0.15) is 18.1 Å². The molecule has 1 heterocycles. The number of aliphatic hydroxyl groups is 1. The second kappa shape index (κ2) is 3.91. The Morgan fingerprint density at radius 1 is 1.82 bits per heavy atom. The van der Waals surface area contributed by atoms with Gasteiger partial charge in [-0.25, -0.2) is 0 Å². The van der Waals surface area contributed by atoms with E-state index in [1.54, 1.807) is 11.3 Å². The Kier molecular flexibility index (Phi) is 3.13. The van der Waals surface area contributed by atoms with Crippen molar-refractivity contribution in [1.29, 1.82) is 0 Å². The van der Waals surface area contributed by atoms with Gasteiger partial charge in [-0.05, 0) is 32.9 Å². The van der Waals surface area contributed by atoms with Crippen molar-refractivity contribution in [3.8, 4) is 12.3 Å². The first-order chi connectivity index (χ1) is 5.24. The zero-order valence-electron chi connectivity index (χ0n) is 5.75. The third-order valence-corrected chi connectivity index (χ3v) is 2.81. The molecule has 0 aliphatic carbocycles. The molecule has 3 heteroatoms. The molecule has 1 N–H and O–H groups in total. The molecule has 0 spiro atoms. The van der Waals surface area contributed by atoms with Crippen LogP contribution in [0.4, 0.5) is 0 Å². The van der Waals surface area contributed by atoms with E-state index in [1.807, 2.05) is 11.4 Å². The highest BCUT2D eigenvalue weighted by Gasteiger charge is 2.06. The van der Waals surface area contributed by atoms with Gasteiger partial charge in [-0.1, -0.05) is 0 Å². The molecule has 0 saturated heterocycles. The van der Waals surface area contributed by atoms with E-state index >= 15 is 0 Å². The van der Waals surface area contributed by atoms with Crippen LogP contribution in [0.5, 0.6) is 0 Å². The minimum absolute atomic E-state index is 0.378. The van der Waals surface area contributed by atoms with Gasteiger partial charge in [-0.3, -0.25) is 0 Å². The van der Waals surface area contributed by atoms with Gasteiger partial charge in [0.1, 0.15) is 0 Å². The van der Waals surface area contributed by atoms with Crippen molar-refractivity contribution in [3.63, 3.8) is 0 Å². The Morgan fingerprint density at radius 2 is 2.55 bits per heavy atom. The zero-order valence-corrected chi connectivity index (χ0v) is 8.15. The molecule has 0 bridgehead atoms. The van der Waals surface area contributed by atoms with E-state index in [9.17, 15) is 5.11 Å². The summed E-state index contributed by atoms with van der Waals surface area (Å²) in [5, 5.41) is 11.3. The van der Waals surface area contributed by atoms with E-state index in [1.165, 1.54) is 0 Å².